The molecule has 0 aliphatic rings. The number of hydrogen-bond acceptors (Lipinski definition) is 4. The largest absolute Gasteiger partial charge is 0.369 e. The van der Waals surface area contributed by atoms with Crippen LogP contribution in [0.15, 0.2) is 17.2 Å². The molecular weight excluding hydrogens is 274 g/mol. The molecular formula is C11H18ClN3O2S. The fourth-order valence-corrected chi connectivity index (χ4v) is 2.74. The zero-order valence-electron chi connectivity index (χ0n) is 10.8. The third-order valence-electron chi connectivity index (χ3n) is 2.51. The molecule has 0 radical (unpaired) electrons. The van der Waals surface area contributed by atoms with Gasteiger partial charge in [0.1, 0.15) is 10.7 Å². The molecule has 0 unspecified atom stereocenters. The summed E-state index contributed by atoms with van der Waals surface area (Å²) in [5.74, 6) is 0.511. The van der Waals surface area contributed by atoms with Crippen molar-refractivity contribution in [1.29, 1.82) is 0 Å². The van der Waals surface area contributed by atoms with Crippen molar-refractivity contribution in [3.63, 3.8) is 0 Å². The van der Waals surface area contributed by atoms with Crippen molar-refractivity contribution in [2.75, 3.05) is 25.5 Å². The number of anilines is 1. The molecule has 102 valence electrons. The minimum Gasteiger partial charge on any atom is -0.369 e. The van der Waals surface area contributed by atoms with E-state index in [2.05, 4.69) is 10.3 Å². The second-order valence-corrected chi connectivity index (χ2v) is 6.30. The third kappa shape index (κ3) is 3.34. The highest BCUT2D eigenvalue weighted by Gasteiger charge is 2.20. The Bertz CT molecular complexity index is 505. The molecule has 0 aliphatic carbocycles. The van der Waals surface area contributed by atoms with Crippen molar-refractivity contribution in [2.45, 2.75) is 25.2 Å². The zero-order valence-corrected chi connectivity index (χ0v) is 12.3. The Morgan fingerprint density at radius 1 is 1.44 bits per heavy atom. The Hall–Kier alpha value is -0.850. The van der Waals surface area contributed by atoms with Gasteiger partial charge in [0.05, 0.1) is 5.02 Å². The molecule has 1 heterocycles. The summed E-state index contributed by atoms with van der Waals surface area (Å²) in [6, 6.07) is 1.42. The fraction of sp³-hybridized carbons (Fsp3) is 0.545. The molecule has 0 atom stereocenters. The predicted octanol–water partition coefficient (Wildman–Crippen LogP) is 2.20. The SMILES string of the molecule is CCCNc1ncc(S(=O)(=O)N(C)CC)cc1Cl. The minimum atomic E-state index is -3.49. The molecule has 0 spiro atoms. The summed E-state index contributed by atoms with van der Waals surface area (Å²) in [6.45, 7) is 4.93. The molecule has 0 aromatic carbocycles. The van der Waals surface area contributed by atoms with E-state index in [1.165, 1.54) is 23.6 Å². The first-order valence-electron chi connectivity index (χ1n) is 5.79. The van der Waals surface area contributed by atoms with Gasteiger partial charge in [-0.15, -0.1) is 0 Å². The maximum Gasteiger partial charge on any atom is 0.244 e. The van der Waals surface area contributed by atoms with Gasteiger partial charge in [0, 0.05) is 26.3 Å². The summed E-state index contributed by atoms with van der Waals surface area (Å²) in [6.07, 6.45) is 2.27. The van der Waals surface area contributed by atoms with Gasteiger partial charge in [0.25, 0.3) is 0 Å². The van der Waals surface area contributed by atoms with Crippen LogP contribution in [-0.2, 0) is 10.0 Å². The zero-order chi connectivity index (χ0) is 13.8. The van der Waals surface area contributed by atoms with Gasteiger partial charge in [-0.3, -0.25) is 0 Å². The van der Waals surface area contributed by atoms with Gasteiger partial charge in [-0.25, -0.2) is 17.7 Å². The minimum absolute atomic E-state index is 0.110. The van der Waals surface area contributed by atoms with E-state index >= 15 is 0 Å². The summed E-state index contributed by atoms with van der Waals surface area (Å²) >= 11 is 6.01. The topological polar surface area (TPSA) is 62.3 Å². The van der Waals surface area contributed by atoms with Crippen LogP contribution in [0.3, 0.4) is 0 Å². The summed E-state index contributed by atoms with van der Waals surface area (Å²) < 4.78 is 25.3. The van der Waals surface area contributed by atoms with E-state index in [0.29, 0.717) is 17.4 Å². The fourth-order valence-electron chi connectivity index (χ4n) is 1.28. The van der Waals surface area contributed by atoms with Crippen molar-refractivity contribution in [3.05, 3.63) is 17.3 Å². The highest BCUT2D eigenvalue weighted by molar-refractivity contribution is 7.89. The van der Waals surface area contributed by atoms with E-state index in [1.807, 2.05) is 6.92 Å². The standard InChI is InChI=1S/C11H18ClN3O2S/c1-4-6-13-11-10(12)7-9(8-14-11)18(16,17)15(3)5-2/h7-8H,4-6H2,1-3H3,(H,13,14). The number of rotatable bonds is 6. The normalized spacial score (nSPS) is 11.8. The molecule has 0 fully saturated rings. The molecule has 1 aromatic rings. The molecule has 0 aliphatic heterocycles. The van der Waals surface area contributed by atoms with Crippen molar-refractivity contribution in [1.82, 2.24) is 9.29 Å². The molecule has 0 saturated carbocycles. The predicted molar refractivity (Wildman–Crippen MR) is 73.5 cm³/mol. The maximum absolute atomic E-state index is 12.0. The van der Waals surface area contributed by atoms with Crippen LogP contribution in [0.5, 0.6) is 0 Å². The number of sulfonamides is 1. The number of nitrogens with zero attached hydrogens (tertiary/aromatic N) is 2. The van der Waals surface area contributed by atoms with Gasteiger partial charge in [-0.1, -0.05) is 25.4 Å². The Morgan fingerprint density at radius 3 is 2.61 bits per heavy atom. The average molecular weight is 292 g/mol. The molecule has 0 saturated heterocycles. The smallest absolute Gasteiger partial charge is 0.244 e. The summed E-state index contributed by atoms with van der Waals surface area (Å²) in [5.41, 5.74) is 0. The summed E-state index contributed by atoms with van der Waals surface area (Å²) in [4.78, 5) is 4.16. The van der Waals surface area contributed by atoms with Crippen LogP contribution in [0.1, 0.15) is 20.3 Å². The van der Waals surface area contributed by atoms with E-state index in [0.717, 1.165) is 13.0 Å². The van der Waals surface area contributed by atoms with Gasteiger partial charge >= 0.3 is 0 Å². The van der Waals surface area contributed by atoms with Crippen LogP contribution < -0.4 is 5.32 Å². The Labute approximate surface area is 113 Å². The second kappa shape index (κ2) is 6.36. The summed E-state index contributed by atoms with van der Waals surface area (Å²) in [7, 11) is -1.97. The Morgan fingerprint density at radius 2 is 2.11 bits per heavy atom. The van der Waals surface area contributed by atoms with Crippen molar-refractivity contribution in [3.8, 4) is 0 Å². The number of halogens is 1. The first-order valence-corrected chi connectivity index (χ1v) is 7.61. The van der Waals surface area contributed by atoms with E-state index < -0.39 is 10.0 Å². The van der Waals surface area contributed by atoms with Crippen molar-refractivity contribution < 1.29 is 8.42 Å². The summed E-state index contributed by atoms with van der Waals surface area (Å²) in [5, 5.41) is 3.35. The average Bonchev–Trinajstić information content (AvgIpc) is 2.36. The van der Waals surface area contributed by atoms with Crippen LogP contribution in [0, 0.1) is 0 Å². The lowest BCUT2D eigenvalue weighted by Crippen LogP contribution is -2.26. The first kappa shape index (κ1) is 15.2. The van der Waals surface area contributed by atoms with Crippen molar-refractivity contribution >= 4 is 27.4 Å². The van der Waals surface area contributed by atoms with E-state index in [1.54, 1.807) is 6.92 Å². The highest BCUT2D eigenvalue weighted by Crippen LogP contribution is 2.23. The van der Waals surface area contributed by atoms with E-state index in [4.69, 9.17) is 11.6 Å². The lowest BCUT2D eigenvalue weighted by Gasteiger charge is -2.15. The molecule has 18 heavy (non-hydrogen) atoms. The Kier molecular flexibility index (Phi) is 5.37. The van der Waals surface area contributed by atoms with E-state index in [9.17, 15) is 8.42 Å². The molecule has 5 nitrogen and oxygen atoms in total. The number of nitrogens with one attached hydrogen (secondary N) is 1. The van der Waals surface area contributed by atoms with Gasteiger partial charge in [-0.2, -0.15) is 0 Å². The van der Waals surface area contributed by atoms with E-state index in [-0.39, 0.29) is 4.90 Å². The number of aromatic nitrogens is 1. The number of hydrogen-bond donors (Lipinski definition) is 1. The van der Waals surface area contributed by atoms with Gasteiger partial charge < -0.3 is 5.32 Å². The molecule has 1 rings (SSSR count). The molecule has 1 aromatic heterocycles. The second-order valence-electron chi connectivity index (χ2n) is 3.85. The van der Waals surface area contributed by atoms with Crippen LogP contribution in [0.2, 0.25) is 5.02 Å². The molecule has 0 bridgehead atoms. The van der Waals surface area contributed by atoms with Gasteiger partial charge in [0.2, 0.25) is 10.0 Å². The van der Waals surface area contributed by atoms with Crippen LogP contribution >= 0.6 is 11.6 Å². The quantitative estimate of drug-likeness (QED) is 0.873. The third-order valence-corrected chi connectivity index (χ3v) is 4.70. The lowest BCUT2D eigenvalue weighted by atomic mass is 10.4. The molecule has 1 N–H and O–H groups in total. The number of pyridine rings is 1. The van der Waals surface area contributed by atoms with Crippen LogP contribution in [-0.4, -0.2) is 37.8 Å². The monoisotopic (exact) mass is 291 g/mol. The molecule has 7 heteroatoms. The Balaban J connectivity index is 3.04. The van der Waals surface area contributed by atoms with Crippen molar-refractivity contribution in [2.24, 2.45) is 0 Å². The highest BCUT2D eigenvalue weighted by atomic mass is 35.5. The van der Waals surface area contributed by atoms with Gasteiger partial charge in [0.15, 0.2) is 0 Å². The van der Waals surface area contributed by atoms with Crippen LogP contribution in [0.25, 0.3) is 0 Å². The lowest BCUT2D eigenvalue weighted by molar-refractivity contribution is 0.486. The first-order chi connectivity index (χ1) is 8.43. The molecule has 0 amide bonds. The van der Waals surface area contributed by atoms with Gasteiger partial charge in [-0.05, 0) is 12.5 Å². The maximum atomic E-state index is 12.0. The van der Waals surface area contributed by atoms with Crippen LogP contribution in [0.4, 0.5) is 5.82 Å².